The summed E-state index contributed by atoms with van der Waals surface area (Å²) in [5, 5.41) is 14.0. The molecule has 0 heterocycles. The van der Waals surface area contributed by atoms with E-state index in [-0.39, 0.29) is 19.1 Å². The number of phosphoric acid groups is 1. The van der Waals surface area contributed by atoms with E-state index < -0.39 is 20.0 Å². The number of rotatable bonds is 64. The van der Waals surface area contributed by atoms with Crippen molar-refractivity contribution in [1.29, 1.82) is 0 Å². The number of hydrogen-bond donors (Lipinski definition) is 3. The maximum Gasteiger partial charge on any atom is 0.472 e. The lowest BCUT2D eigenvalue weighted by Gasteiger charge is -2.25. The van der Waals surface area contributed by atoms with Crippen LogP contribution in [0, 0.1) is 0 Å². The lowest BCUT2D eigenvalue weighted by Crippen LogP contribution is -2.45. The first kappa shape index (κ1) is 75.2. The maximum atomic E-state index is 13.0. The zero-order valence-corrected chi connectivity index (χ0v) is 52.9. The lowest BCUT2D eigenvalue weighted by atomic mass is 10.0. The second-order valence-corrected chi connectivity index (χ2v) is 26.4. The van der Waals surface area contributed by atoms with Crippen LogP contribution < -0.4 is 5.32 Å². The fraction of sp³-hybridized carbons (Fsp3) is 0.955. The van der Waals surface area contributed by atoms with Gasteiger partial charge in [-0.25, -0.2) is 4.57 Å². The molecule has 3 atom stereocenters. The van der Waals surface area contributed by atoms with E-state index in [0.29, 0.717) is 17.4 Å². The molecule has 0 rings (SSSR count). The van der Waals surface area contributed by atoms with Crippen molar-refractivity contribution in [1.82, 2.24) is 5.32 Å². The summed E-state index contributed by atoms with van der Waals surface area (Å²) in [6, 6.07) is -0.843. The molecule has 0 aliphatic carbocycles. The smallest absolute Gasteiger partial charge is 0.387 e. The number of unbranched alkanes of at least 4 members (excludes halogenated alkanes) is 51. The third-order valence-corrected chi connectivity index (χ3v) is 17.0. The summed E-state index contributed by atoms with van der Waals surface area (Å²) in [6.45, 7) is 4.89. The molecule has 454 valence electrons. The van der Waals surface area contributed by atoms with E-state index in [9.17, 15) is 19.4 Å². The molecule has 0 aromatic carbocycles. The number of quaternary nitrogens is 1. The van der Waals surface area contributed by atoms with E-state index in [4.69, 9.17) is 9.05 Å². The molecule has 0 radical (unpaired) electrons. The highest BCUT2D eigenvalue weighted by atomic mass is 31.2. The van der Waals surface area contributed by atoms with Crippen molar-refractivity contribution in [3.8, 4) is 0 Å². The predicted molar refractivity (Wildman–Crippen MR) is 332 cm³/mol. The SMILES string of the molecule is CCCCCCCCCCCCCCCCCCCCCCC/C=C/C(O)C(COP(=O)(O)OCC[N+](C)(C)C)NC(=O)CCCCCCCCCCCCCCCCCCCCCCCCCCCCCCCCC. The van der Waals surface area contributed by atoms with Gasteiger partial charge in [0.25, 0.3) is 0 Å². The van der Waals surface area contributed by atoms with Crippen molar-refractivity contribution in [3.05, 3.63) is 12.2 Å². The van der Waals surface area contributed by atoms with Gasteiger partial charge < -0.3 is 19.8 Å². The van der Waals surface area contributed by atoms with Gasteiger partial charge in [0.05, 0.1) is 39.9 Å². The molecule has 3 unspecified atom stereocenters. The Bertz CT molecular complexity index is 1240. The molecule has 0 saturated heterocycles. The van der Waals surface area contributed by atoms with Gasteiger partial charge in [0.15, 0.2) is 0 Å². The Morgan fingerprint density at radius 2 is 0.697 bits per heavy atom. The van der Waals surface area contributed by atoms with Crippen LogP contribution in [0.15, 0.2) is 12.2 Å². The fourth-order valence-electron chi connectivity index (χ4n) is 10.7. The van der Waals surface area contributed by atoms with E-state index in [1.165, 1.54) is 308 Å². The molecule has 0 aliphatic heterocycles. The molecule has 0 fully saturated rings. The first-order valence-corrected chi connectivity index (χ1v) is 35.6. The summed E-state index contributed by atoms with van der Waals surface area (Å²) in [7, 11) is 1.59. The van der Waals surface area contributed by atoms with Crippen molar-refractivity contribution in [2.75, 3.05) is 40.9 Å². The van der Waals surface area contributed by atoms with E-state index in [1.54, 1.807) is 6.08 Å². The van der Waals surface area contributed by atoms with Crippen LogP contribution in [0.5, 0.6) is 0 Å². The average molecular weight is 1100 g/mol. The van der Waals surface area contributed by atoms with Gasteiger partial charge in [0, 0.05) is 6.42 Å². The van der Waals surface area contributed by atoms with E-state index in [0.717, 1.165) is 32.1 Å². The Morgan fingerprint density at radius 1 is 0.434 bits per heavy atom. The highest BCUT2D eigenvalue weighted by Crippen LogP contribution is 2.43. The van der Waals surface area contributed by atoms with Crippen LogP contribution >= 0.6 is 7.82 Å². The van der Waals surface area contributed by atoms with Gasteiger partial charge >= 0.3 is 7.82 Å². The third kappa shape index (κ3) is 60.9. The first-order chi connectivity index (χ1) is 37.0. The van der Waals surface area contributed by atoms with Gasteiger partial charge in [-0.05, 0) is 19.3 Å². The van der Waals surface area contributed by atoms with Crippen molar-refractivity contribution in [3.63, 3.8) is 0 Å². The molecule has 3 N–H and O–H groups in total. The second-order valence-electron chi connectivity index (χ2n) is 24.9. The van der Waals surface area contributed by atoms with E-state index in [2.05, 4.69) is 19.2 Å². The summed E-state index contributed by atoms with van der Waals surface area (Å²) in [6.07, 6.45) is 75.0. The summed E-state index contributed by atoms with van der Waals surface area (Å²) < 4.78 is 23.8. The Hall–Kier alpha value is -0.760. The molecule has 1 amide bonds. The maximum absolute atomic E-state index is 13.0. The van der Waals surface area contributed by atoms with Crippen LogP contribution in [0.1, 0.15) is 361 Å². The molecule has 9 heteroatoms. The Labute approximate surface area is 475 Å². The number of allylic oxidation sites excluding steroid dienone is 1. The highest BCUT2D eigenvalue weighted by Gasteiger charge is 2.28. The number of hydrogen-bond acceptors (Lipinski definition) is 5. The van der Waals surface area contributed by atoms with Gasteiger partial charge in [-0.3, -0.25) is 13.8 Å². The van der Waals surface area contributed by atoms with Crippen LogP contribution in [-0.4, -0.2) is 73.4 Å². The summed E-state index contributed by atoms with van der Waals surface area (Å²) in [5.74, 6) is -0.167. The summed E-state index contributed by atoms with van der Waals surface area (Å²) in [5.41, 5.74) is 0. The lowest BCUT2D eigenvalue weighted by molar-refractivity contribution is -0.870. The van der Waals surface area contributed by atoms with E-state index in [1.807, 2.05) is 27.2 Å². The summed E-state index contributed by atoms with van der Waals surface area (Å²) in [4.78, 5) is 23.4. The molecule has 0 bridgehead atoms. The molecule has 0 aliphatic rings. The van der Waals surface area contributed by atoms with Crippen LogP contribution in [0.2, 0.25) is 0 Å². The third-order valence-electron chi connectivity index (χ3n) is 16.0. The number of aliphatic hydroxyl groups is 1. The Morgan fingerprint density at radius 3 is 0.974 bits per heavy atom. The minimum atomic E-state index is -4.35. The molecular formula is C67H136N2O6P+. The van der Waals surface area contributed by atoms with Gasteiger partial charge in [-0.1, -0.05) is 347 Å². The normalized spacial score (nSPS) is 13.7. The van der Waals surface area contributed by atoms with Crippen LogP contribution in [0.4, 0.5) is 0 Å². The first-order valence-electron chi connectivity index (χ1n) is 34.1. The van der Waals surface area contributed by atoms with Crippen molar-refractivity contribution >= 4 is 13.7 Å². The molecule has 0 saturated carbocycles. The predicted octanol–water partition coefficient (Wildman–Crippen LogP) is 21.3. The Kier molecular flexibility index (Phi) is 58.3. The molecule has 0 aromatic rings. The fourth-order valence-corrected chi connectivity index (χ4v) is 11.4. The van der Waals surface area contributed by atoms with Gasteiger partial charge in [-0.2, -0.15) is 0 Å². The number of likely N-dealkylation sites (N-methyl/N-ethyl adjacent to an activating group) is 1. The van der Waals surface area contributed by atoms with Gasteiger partial charge in [0.1, 0.15) is 13.2 Å². The zero-order chi connectivity index (χ0) is 55.6. The second kappa shape index (κ2) is 58.9. The quantitative estimate of drug-likeness (QED) is 0.0243. The monoisotopic (exact) mass is 1100 g/mol. The standard InChI is InChI=1S/C67H135N2O6P/c1-6-8-10-12-14-16-18-20-22-24-26-28-30-31-32-33-34-35-36-37-39-41-43-45-47-49-51-53-55-57-59-61-67(71)68-65(64-75-76(72,73)74-63-62-69(3,4)5)66(70)60-58-56-54-52-50-48-46-44-42-40-38-29-27-25-23-21-19-17-15-13-11-9-7-2/h58,60,65-66,70H,6-57,59,61-64H2,1-5H3,(H-,68,71,72,73)/p+1/b60-58+. The van der Waals surface area contributed by atoms with Crippen molar-refractivity contribution < 1.29 is 32.9 Å². The minimum Gasteiger partial charge on any atom is -0.387 e. The Balaban J connectivity index is 4.02. The highest BCUT2D eigenvalue weighted by molar-refractivity contribution is 7.47. The molecular weight excluding hydrogens is 960 g/mol. The summed E-state index contributed by atoms with van der Waals surface area (Å²) >= 11 is 0. The number of carbonyl (C=O) groups is 1. The molecule has 0 aromatic heterocycles. The topological polar surface area (TPSA) is 105 Å². The number of carbonyl (C=O) groups excluding carboxylic acids is 1. The number of phosphoric ester groups is 1. The van der Waals surface area contributed by atoms with Crippen LogP contribution in [0.25, 0.3) is 0 Å². The molecule has 76 heavy (non-hydrogen) atoms. The van der Waals surface area contributed by atoms with Crippen LogP contribution in [-0.2, 0) is 18.4 Å². The van der Waals surface area contributed by atoms with E-state index >= 15 is 0 Å². The largest absolute Gasteiger partial charge is 0.472 e. The number of amides is 1. The zero-order valence-electron chi connectivity index (χ0n) is 52.0. The average Bonchev–Trinajstić information content (AvgIpc) is 3.38. The van der Waals surface area contributed by atoms with Crippen LogP contribution in [0.3, 0.4) is 0 Å². The molecule has 0 spiro atoms. The minimum absolute atomic E-state index is 0.0654. The number of aliphatic hydroxyl groups excluding tert-OH is 1. The van der Waals surface area contributed by atoms with Crippen molar-refractivity contribution in [2.45, 2.75) is 373 Å². The van der Waals surface area contributed by atoms with Crippen molar-refractivity contribution in [2.24, 2.45) is 0 Å². The van der Waals surface area contributed by atoms with Gasteiger partial charge in [0.2, 0.25) is 5.91 Å². The molecule has 8 nitrogen and oxygen atoms in total. The number of nitrogens with zero attached hydrogens (tertiary/aromatic N) is 1. The van der Waals surface area contributed by atoms with Gasteiger partial charge in [-0.15, -0.1) is 0 Å². The number of nitrogens with one attached hydrogen (secondary N) is 1.